The Bertz CT molecular complexity index is 1170. The van der Waals surface area contributed by atoms with Gasteiger partial charge in [-0.1, -0.05) is 47.5 Å². The number of carbonyl (C=O) groups excluding carboxylic acids is 4. The number of carbonyl (C=O) groups is 4. The summed E-state index contributed by atoms with van der Waals surface area (Å²) in [5.41, 5.74) is 1.42. The van der Waals surface area contributed by atoms with Crippen LogP contribution in [0.15, 0.2) is 60.2 Å². The van der Waals surface area contributed by atoms with Crippen LogP contribution >= 0.6 is 11.6 Å². The lowest BCUT2D eigenvalue weighted by Gasteiger charge is -2.30. The molecule has 1 aliphatic carbocycles. The predicted octanol–water partition coefficient (Wildman–Crippen LogP) is 3.93. The van der Waals surface area contributed by atoms with E-state index in [0.29, 0.717) is 24.2 Å². The van der Waals surface area contributed by atoms with Gasteiger partial charge in [0.15, 0.2) is 5.78 Å². The third kappa shape index (κ3) is 4.28. The number of ether oxygens (including phenoxy) is 1. The van der Waals surface area contributed by atoms with Crippen LogP contribution < -0.4 is 4.74 Å². The molecule has 2 aliphatic rings. The monoisotopic (exact) mass is 466 g/mol. The van der Waals surface area contributed by atoms with Gasteiger partial charge in [-0.05, 0) is 44.0 Å². The fourth-order valence-electron chi connectivity index (χ4n) is 4.29. The highest BCUT2D eigenvalue weighted by Gasteiger charge is 2.51. The first kappa shape index (κ1) is 22.7. The number of ketones is 1. The van der Waals surface area contributed by atoms with Gasteiger partial charge in [0.1, 0.15) is 12.3 Å². The second-order valence-electron chi connectivity index (χ2n) is 8.19. The fourth-order valence-corrected chi connectivity index (χ4v) is 4.51. The molecule has 4 rings (SSSR count). The zero-order chi connectivity index (χ0) is 23.7. The smallest absolute Gasteiger partial charge is 0.274 e. The van der Waals surface area contributed by atoms with Gasteiger partial charge >= 0.3 is 0 Å². The van der Waals surface area contributed by atoms with E-state index < -0.39 is 41.9 Å². The first-order valence-corrected chi connectivity index (χ1v) is 11.0. The zero-order valence-corrected chi connectivity index (χ0v) is 19.0. The molecule has 0 aromatic heterocycles. The van der Waals surface area contributed by atoms with Crippen LogP contribution in [0.1, 0.15) is 40.5 Å². The standard InChI is InChI=1S/C25H23ClN2O5/c1-15-10-11-18-20(12-15)25(32)28(24(18)31)27(23(30)19-8-3-4-9-21(19)26)14-22(29)16-6-5-7-17(13-16)33-2/h3-10,13,18,20H,11-12,14H2,1-2H3/t18-,20-/m0/s1. The first-order chi connectivity index (χ1) is 15.8. The summed E-state index contributed by atoms with van der Waals surface area (Å²) < 4.78 is 5.18. The Hall–Kier alpha value is -3.45. The van der Waals surface area contributed by atoms with E-state index in [0.717, 1.165) is 15.6 Å². The van der Waals surface area contributed by atoms with Crippen LogP contribution in [0.4, 0.5) is 0 Å². The third-order valence-corrected chi connectivity index (χ3v) is 6.39. The number of imide groups is 1. The van der Waals surface area contributed by atoms with Crippen molar-refractivity contribution < 1.29 is 23.9 Å². The van der Waals surface area contributed by atoms with E-state index >= 15 is 0 Å². The van der Waals surface area contributed by atoms with E-state index in [9.17, 15) is 19.2 Å². The number of allylic oxidation sites excluding steroid dienone is 2. The minimum Gasteiger partial charge on any atom is -0.497 e. The van der Waals surface area contributed by atoms with Crippen LogP contribution in [0.2, 0.25) is 5.02 Å². The first-order valence-electron chi connectivity index (χ1n) is 10.6. The highest BCUT2D eigenvalue weighted by molar-refractivity contribution is 6.34. The molecule has 2 aromatic rings. The van der Waals surface area contributed by atoms with Gasteiger partial charge < -0.3 is 4.74 Å². The van der Waals surface area contributed by atoms with E-state index in [1.54, 1.807) is 36.4 Å². The molecular formula is C25H23ClN2O5. The molecule has 1 aliphatic heterocycles. The second-order valence-corrected chi connectivity index (χ2v) is 8.60. The molecule has 0 unspecified atom stereocenters. The number of fused-ring (bicyclic) bond motifs is 1. The number of methoxy groups -OCH3 is 1. The number of Topliss-reactive ketones (excluding diaryl/α,β-unsaturated/α-hetero) is 1. The quantitative estimate of drug-likeness (QED) is 0.366. The summed E-state index contributed by atoms with van der Waals surface area (Å²) >= 11 is 6.23. The minimum absolute atomic E-state index is 0.0994. The molecular weight excluding hydrogens is 444 g/mol. The molecule has 2 atom stereocenters. The van der Waals surface area contributed by atoms with Crippen LogP contribution in [-0.2, 0) is 9.59 Å². The molecule has 2 aromatic carbocycles. The number of hydrazine groups is 1. The fraction of sp³-hybridized carbons (Fsp3) is 0.280. The van der Waals surface area contributed by atoms with E-state index in [2.05, 4.69) is 0 Å². The Morgan fingerprint density at radius 2 is 1.82 bits per heavy atom. The molecule has 1 saturated heterocycles. The number of hydrogen-bond donors (Lipinski definition) is 0. The number of amides is 3. The Kier molecular flexibility index (Phi) is 6.33. The molecule has 170 valence electrons. The van der Waals surface area contributed by atoms with Crippen molar-refractivity contribution in [2.45, 2.75) is 19.8 Å². The average Bonchev–Trinajstić information content (AvgIpc) is 3.06. The molecule has 7 nitrogen and oxygen atoms in total. The summed E-state index contributed by atoms with van der Waals surface area (Å²) in [7, 11) is 1.48. The highest BCUT2D eigenvalue weighted by Crippen LogP contribution is 2.38. The lowest BCUT2D eigenvalue weighted by Crippen LogP contribution is -2.52. The lowest BCUT2D eigenvalue weighted by molar-refractivity contribution is -0.154. The Morgan fingerprint density at radius 3 is 2.55 bits per heavy atom. The van der Waals surface area contributed by atoms with E-state index in [4.69, 9.17) is 16.3 Å². The van der Waals surface area contributed by atoms with Crippen molar-refractivity contribution in [1.29, 1.82) is 0 Å². The van der Waals surface area contributed by atoms with Crippen LogP contribution in [-0.4, -0.2) is 47.2 Å². The zero-order valence-electron chi connectivity index (χ0n) is 18.3. The number of halogens is 1. The van der Waals surface area contributed by atoms with Gasteiger partial charge in [-0.25, -0.2) is 5.01 Å². The van der Waals surface area contributed by atoms with Crippen LogP contribution in [0.3, 0.4) is 0 Å². The normalized spacial score (nSPS) is 19.7. The largest absolute Gasteiger partial charge is 0.497 e. The second kappa shape index (κ2) is 9.19. The molecule has 33 heavy (non-hydrogen) atoms. The van der Waals surface area contributed by atoms with Gasteiger partial charge in [-0.2, -0.15) is 5.01 Å². The molecule has 8 heteroatoms. The number of rotatable bonds is 6. The Balaban J connectivity index is 1.71. The van der Waals surface area contributed by atoms with Gasteiger partial charge in [-0.15, -0.1) is 0 Å². The molecule has 1 heterocycles. The summed E-state index contributed by atoms with van der Waals surface area (Å²) in [6, 6.07) is 12.8. The molecule has 1 fully saturated rings. The van der Waals surface area contributed by atoms with E-state index in [1.807, 2.05) is 13.0 Å². The minimum atomic E-state index is -0.693. The molecule has 0 radical (unpaired) electrons. The Labute approximate surface area is 196 Å². The van der Waals surface area contributed by atoms with Crippen molar-refractivity contribution in [2.24, 2.45) is 11.8 Å². The molecule has 0 saturated carbocycles. The van der Waals surface area contributed by atoms with E-state index in [-0.39, 0.29) is 10.6 Å². The number of hydrogen-bond acceptors (Lipinski definition) is 5. The molecule has 3 amide bonds. The number of nitrogens with zero attached hydrogens (tertiary/aromatic N) is 2. The topological polar surface area (TPSA) is 84.0 Å². The van der Waals surface area contributed by atoms with Crippen molar-refractivity contribution >= 4 is 35.1 Å². The van der Waals surface area contributed by atoms with Crippen LogP contribution in [0.5, 0.6) is 5.75 Å². The maximum atomic E-state index is 13.5. The lowest BCUT2D eigenvalue weighted by atomic mass is 9.82. The summed E-state index contributed by atoms with van der Waals surface area (Å²) in [6.45, 7) is 1.41. The summed E-state index contributed by atoms with van der Waals surface area (Å²) in [5, 5.41) is 1.95. The summed E-state index contributed by atoms with van der Waals surface area (Å²) in [6.07, 6.45) is 2.82. The van der Waals surface area contributed by atoms with E-state index in [1.165, 1.54) is 19.2 Å². The maximum absolute atomic E-state index is 13.5. The average molecular weight is 467 g/mol. The van der Waals surface area contributed by atoms with Gasteiger partial charge in [0.25, 0.3) is 17.7 Å². The van der Waals surface area contributed by atoms with Crippen molar-refractivity contribution in [1.82, 2.24) is 10.0 Å². The van der Waals surface area contributed by atoms with Gasteiger partial charge in [0.2, 0.25) is 0 Å². The SMILES string of the molecule is COc1cccc(C(=O)CN(C(=O)c2ccccc2Cl)N2C(=O)[C@H]3CC=C(C)C[C@@H]3C2=O)c1. The van der Waals surface area contributed by atoms with Gasteiger partial charge in [-0.3, -0.25) is 19.2 Å². The third-order valence-electron chi connectivity index (χ3n) is 6.06. The summed E-state index contributed by atoms with van der Waals surface area (Å²) in [5.74, 6) is -2.71. The van der Waals surface area contributed by atoms with Gasteiger partial charge in [0, 0.05) is 5.56 Å². The van der Waals surface area contributed by atoms with Crippen molar-refractivity contribution in [3.8, 4) is 5.75 Å². The van der Waals surface area contributed by atoms with Crippen molar-refractivity contribution in [2.75, 3.05) is 13.7 Å². The van der Waals surface area contributed by atoms with Gasteiger partial charge in [0.05, 0.1) is 29.5 Å². The summed E-state index contributed by atoms with van der Waals surface area (Å²) in [4.78, 5) is 53.2. The van der Waals surface area contributed by atoms with Crippen LogP contribution in [0.25, 0.3) is 0 Å². The molecule has 0 N–H and O–H groups in total. The van der Waals surface area contributed by atoms with Crippen LogP contribution in [0, 0.1) is 11.8 Å². The highest BCUT2D eigenvalue weighted by atomic mass is 35.5. The predicted molar refractivity (Wildman–Crippen MR) is 122 cm³/mol. The van der Waals surface area contributed by atoms with Crippen molar-refractivity contribution in [3.05, 3.63) is 76.3 Å². The maximum Gasteiger partial charge on any atom is 0.274 e. The van der Waals surface area contributed by atoms with Crippen molar-refractivity contribution in [3.63, 3.8) is 0 Å². The molecule has 0 spiro atoms. The molecule has 0 bridgehead atoms. The Morgan fingerprint density at radius 1 is 1.09 bits per heavy atom. The number of benzene rings is 2.